The Hall–Kier alpha value is -0.730. The molecule has 1 heterocycles. The molecule has 0 amide bonds. The molecule has 0 atom stereocenters. The molecule has 0 bridgehead atoms. The molecule has 9 heteroatoms. The Morgan fingerprint density at radius 1 is 1.56 bits per heavy atom. The Labute approximate surface area is 96.4 Å². The van der Waals surface area contributed by atoms with E-state index in [1.165, 1.54) is 12.3 Å². The van der Waals surface area contributed by atoms with Gasteiger partial charge in [0.05, 0.1) is 12.7 Å². The van der Waals surface area contributed by atoms with Crippen LogP contribution in [0.4, 0.5) is 8.78 Å². The highest BCUT2D eigenvalue weighted by atomic mass is 35.5. The van der Waals surface area contributed by atoms with Crippen molar-refractivity contribution in [3.05, 3.63) is 12.3 Å². The van der Waals surface area contributed by atoms with Crippen LogP contribution in [0.1, 0.15) is 0 Å². The quantitative estimate of drug-likeness (QED) is 0.784. The average molecular weight is 274 g/mol. The number of halogens is 3. The second-order valence-corrected chi connectivity index (χ2v) is 5.15. The summed E-state index contributed by atoms with van der Waals surface area (Å²) in [6.45, 7) is -1.05. The molecule has 0 saturated heterocycles. The van der Waals surface area contributed by atoms with E-state index in [4.69, 9.17) is 11.6 Å². The third-order valence-electron chi connectivity index (χ3n) is 1.77. The number of nitrogens with zero attached hydrogens (tertiary/aromatic N) is 2. The lowest BCUT2D eigenvalue weighted by Gasteiger charge is -2.19. The van der Waals surface area contributed by atoms with Crippen LogP contribution >= 0.6 is 11.6 Å². The number of nitrogens with one attached hydrogen (secondary N) is 1. The minimum Gasteiger partial charge on any atom is -0.266 e. The van der Waals surface area contributed by atoms with Crippen molar-refractivity contribution in [2.45, 2.75) is 11.5 Å². The second kappa shape index (κ2) is 5.55. The topological polar surface area (TPSA) is 66.1 Å². The first-order chi connectivity index (χ1) is 7.48. The van der Waals surface area contributed by atoms with Crippen LogP contribution in [-0.2, 0) is 10.0 Å². The van der Waals surface area contributed by atoms with Crippen molar-refractivity contribution in [2.75, 3.05) is 19.0 Å². The Morgan fingerprint density at radius 2 is 2.25 bits per heavy atom. The SMILES string of the molecule is O=S(=O)(c1ccn[nH]1)N(CCCl)CC(F)F. The van der Waals surface area contributed by atoms with Crippen LogP contribution in [-0.4, -0.2) is 48.3 Å². The van der Waals surface area contributed by atoms with Crippen LogP contribution < -0.4 is 0 Å². The fraction of sp³-hybridized carbons (Fsp3) is 0.571. The lowest BCUT2D eigenvalue weighted by molar-refractivity contribution is 0.121. The Balaban J connectivity index is 2.93. The Kier molecular flexibility index (Phi) is 4.63. The molecule has 92 valence electrons. The standard InChI is InChI=1S/C7H10ClF2N3O2S/c8-2-4-13(5-6(9)10)16(14,15)7-1-3-11-12-7/h1,3,6H,2,4-5H2,(H,11,12). The minimum atomic E-state index is -3.96. The van der Waals surface area contributed by atoms with Crippen molar-refractivity contribution < 1.29 is 17.2 Å². The van der Waals surface area contributed by atoms with E-state index in [1.807, 2.05) is 0 Å². The summed E-state index contributed by atoms with van der Waals surface area (Å²) in [5.41, 5.74) is 0. The summed E-state index contributed by atoms with van der Waals surface area (Å²) >= 11 is 5.37. The molecule has 1 rings (SSSR count). The summed E-state index contributed by atoms with van der Waals surface area (Å²) in [4.78, 5) is 0. The van der Waals surface area contributed by atoms with Gasteiger partial charge in [0.2, 0.25) is 0 Å². The number of H-pyrrole nitrogens is 1. The molecule has 1 aromatic heterocycles. The molecule has 0 aliphatic heterocycles. The normalized spacial score (nSPS) is 12.6. The zero-order chi connectivity index (χ0) is 12.2. The van der Waals surface area contributed by atoms with E-state index in [2.05, 4.69) is 10.2 Å². The van der Waals surface area contributed by atoms with Gasteiger partial charge in [-0.05, 0) is 6.07 Å². The molecule has 0 aliphatic rings. The highest BCUT2D eigenvalue weighted by Crippen LogP contribution is 2.13. The number of hydrogen-bond acceptors (Lipinski definition) is 3. The molecule has 0 aliphatic carbocycles. The fourth-order valence-corrected chi connectivity index (χ4v) is 2.71. The summed E-state index contributed by atoms with van der Waals surface area (Å²) < 4.78 is 48.6. The molecule has 0 fully saturated rings. The molecule has 5 nitrogen and oxygen atoms in total. The van der Waals surface area contributed by atoms with Crippen molar-refractivity contribution in [1.29, 1.82) is 0 Å². The van der Waals surface area contributed by atoms with Crippen molar-refractivity contribution in [1.82, 2.24) is 14.5 Å². The van der Waals surface area contributed by atoms with Gasteiger partial charge in [-0.3, -0.25) is 5.10 Å². The monoisotopic (exact) mass is 273 g/mol. The number of aromatic amines is 1. The number of sulfonamides is 1. The molecule has 0 unspecified atom stereocenters. The van der Waals surface area contributed by atoms with Gasteiger partial charge < -0.3 is 0 Å². The van der Waals surface area contributed by atoms with Gasteiger partial charge in [0.15, 0.2) is 5.03 Å². The number of hydrogen-bond donors (Lipinski definition) is 1. The maximum absolute atomic E-state index is 12.2. The predicted molar refractivity (Wildman–Crippen MR) is 54.1 cm³/mol. The number of alkyl halides is 3. The van der Waals surface area contributed by atoms with E-state index in [-0.39, 0.29) is 17.5 Å². The maximum Gasteiger partial charge on any atom is 0.260 e. The summed E-state index contributed by atoms with van der Waals surface area (Å²) in [6, 6.07) is 1.20. The van der Waals surface area contributed by atoms with E-state index < -0.39 is 23.0 Å². The molecule has 0 aromatic carbocycles. The summed E-state index contributed by atoms with van der Waals surface area (Å²) in [6.07, 6.45) is -1.52. The Morgan fingerprint density at radius 3 is 2.69 bits per heavy atom. The van der Waals surface area contributed by atoms with Crippen LogP contribution in [0.2, 0.25) is 0 Å². The van der Waals surface area contributed by atoms with Crippen molar-refractivity contribution in [3.8, 4) is 0 Å². The Bertz CT molecular complexity index is 409. The molecular weight excluding hydrogens is 264 g/mol. The predicted octanol–water partition coefficient (Wildman–Crippen LogP) is 0.904. The van der Waals surface area contributed by atoms with Crippen LogP contribution in [0, 0.1) is 0 Å². The summed E-state index contributed by atoms with van der Waals surface area (Å²) in [5, 5.41) is 5.46. The van der Waals surface area contributed by atoms with Crippen molar-refractivity contribution >= 4 is 21.6 Å². The molecule has 0 spiro atoms. The summed E-state index contributed by atoms with van der Waals surface area (Å²) in [7, 11) is -3.96. The van der Waals surface area contributed by atoms with Gasteiger partial charge in [-0.15, -0.1) is 11.6 Å². The molecule has 0 radical (unpaired) electrons. The first-order valence-electron chi connectivity index (χ1n) is 4.32. The molecule has 0 saturated carbocycles. The summed E-state index contributed by atoms with van der Waals surface area (Å²) in [5.74, 6) is -0.0555. The van der Waals surface area contributed by atoms with Gasteiger partial charge in [-0.1, -0.05) is 0 Å². The van der Waals surface area contributed by atoms with Gasteiger partial charge in [-0.2, -0.15) is 9.40 Å². The lowest BCUT2D eigenvalue weighted by atomic mass is 10.6. The highest BCUT2D eigenvalue weighted by molar-refractivity contribution is 7.89. The van der Waals surface area contributed by atoms with Crippen LogP contribution in [0.5, 0.6) is 0 Å². The van der Waals surface area contributed by atoms with Crippen LogP contribution in [0.3, 0.4) is 0 Å². The van der Waals surface area contributed by atoms with E-state index in [0.717, 1.165) is 0 Å². The van der Waals surface area contributed by atoms with E-state index in [1.54, 1.807) is 0 Å². The molecular formula is C7H10ClF2N3O2S. The van der Waals surface area contributed by atoms with E-state index in [0.29, 0.717) is 4.31 Å². The highest BCUT2D eigenvalue weighted by Gasteiger charge is 2.27. The van der Waals surface area contributed by atoms with Gasteiger partial charge in [0.25, 0.3) is 16.4 Å². The van der Waals surface area contributed by atoms with Crippen molar-refractivity contribution in [2.24, 2.45) is 0 Å². The molecule has 16 heavy (non-hydrogen) atoms. The van der Waals surface area contributed by atoms with E-state index >= 15 is 0 Å². The second-order valence-electron chi connectivity index (χ2n) is 2.86. The van der Waals surface area contributed by atoms with Gasteiger partial charge in [0.1, 0.15) is 0 Å². The third kappa shape index (κ3) is 3.13. The smallest absolute Gasteiger partial charge is 0.260 e. The van der Waals surface area contributed by atoms with Crippen LogP contribution in [0.15, 0.2) is 17.3 Å². The number of rotatable bonds is 6. The van der Waals surface area contributed by atoms with Gasteiger partial charge >= 0.3 is 0 Å². The first-order valence-corrected chi connectivity index (χ1v) is 6.29. The largest absolute Gasteiger partial charge is 0.266 e. The minimum absolute atomic E-state index is 0.0555. The number of aromatic nitrogens is 2. The third-order valence-corrected chi connectivity index (χ3v) is 3.73. The lowest BCUT2D eigenvalue weighted by Crippen LogP contribution is -2.36. The zero-order valence-electron chi connectivity index (χ0n) is 8.11. The van der Waals surface area contributed by atoms with Crippen molar-refractivity contribution in [3.63, 3.8) is 0 Å². The molecule has 1 aromatic rings. The maximum atomic E-state index is 12.2. The first kappa shape index (κ1) is 13.3. The van der Waals surface area contributed by atoms with Crippen LogP contribution in [0.25, 0.3) is 0 Å². The fourth-order valence-electron chi connectivity index (χ4n) is 1.08. The van der Waals surface area contributed by atoms with E-state index in [9.17, 15) is 17.2 Å². The zero-order valence-corrected chi connectivity index (χ0v) is 9.68. The average Bonchev–Trinajstić information content (AvgIpc) is 2.69. The van der Waals surface area contributed by atoms with Gasteiger partial charge in [0, 0.05) is 12.4 Å². The molecule has 1 N–H and O–H groups in total. The van der Waals surface area contributed by atoms with Gasteiger partial charge in [-0.25, -0.2) is 17.2 Å².